The van der Waals surface area contributed by atoms with Gasteiger partial charge in [0.05, 0.1) is 16.8 Å². The number of aryl methyl sites for hydroxylation is 3. The number of rotatable bonds is 4. The number of esters is 1. The first-order valence-electron chi connectivity index (χ1n) is 7.80. The number of amides is 1. The molecule has 138 valence electrons. The minimum absolute atomic E-state index is 0.346. The van der Waals surface area contributed by atoms with Gasteiger partial charge in [0, 0.05) is 0 Å². The standard InChI is InChI=1S/C19H18F3NO3/c1-11-8-12(2)17(13(3)9-11)18(25)26-10-16(24)23-15-7-5-4-6-14(15)19(20,21)22/h4-9H,10H2,1-3H3,(H,23,24). The van der Waals surface area contributed by atoms with Gasteiger partial charge in [0.1, 0.15) is 0 Å². The van der Waals surface area contributed by atoms with Gasteiger partial charge in [0.25, 0.3) is 5.91 Å². The van der Waals surface area contributed by atoms with Crippen LogP contribution in [0, 0.1) is 20.8 Å². The van der Waals surface area contributed by atoms with Gasteiger partial charge in [-0.3, -0.25) is 4.79 Å². The molecule has 0 bridgehead atoms. The van der Waals surface area contributed by atoms with E-state index in [-0.39, 0.29) is 5.69 Å². The lowest BCUT2D eigenvalue weighted by Crippen LogP contribution is -2.23. The number of halogens is 3. The maximum atomic E-state index is 12.9. The summed E-state index contributed by atoms with van der Waals surface area (Å²) in [5.41, 5.74) is 1.39. The smallest absolute Gasteiger partial charge is 0.418 e. The molecule has 0 aliphatic heterocycles. The van der Waals surface area contributed by atoms with Gasteiger partial charge in [0.15, 0.2) is 6.61 Å². The molecule has 0 fully saturated rings. The first-order chi connectivity index (χ1) is 12.1. The molecule has 0 unspecified atom stereocenters. The van der Waals surface area contributed by atoms with E-state index in [0.29, 0.717) is 16.7 Å². The minimum atomic E-state index is -4.60. The number of anilines is 1. The van der Waals surface area contributed by atoms with E-state index in [4.69, 9.17) is 4.74 Å². The largest absolute Gasteiger partial charge is 0.452 e. The number of para-hydroxylation sites is 1. The van der Waals surface area contributed by atoms with Crippen LogP contribution in [0.4, 0.5) is 18.9 Å². The van der Waals surface area contributed by atoms with Crippen molar-refractivity contribution in [3.05, 3.63) is 64.2 Å². The van der Waals surface area contributed by atoms with E-state index in [9.17, 15) is 22.8 Å². The molecular formula is C19H18F3NO3. The molecule has 0 aromatic heterocycles. The first-order valence-corrected chi connectivity index (χ1v) is 7.80. The van der Waals surface area contributed by atoms with Crippen molar-refractivity contribution >= 4 is 17.6 Å². The maximum absolute atomic E-state index is 12.9. The highest BCUT2D eigenvalue weighted by Crippen LogP contribution is 2.34. The predicted molar refractivity (Wildman–Crippen MR) is 91.0 cm³/mol. The molecule has 0 atom stereocenters. The summed E-state index contributed by atoms with van der Waals surface area (Å²) in [6.45, 7) is 4.70. The third-order valence-corrected chi connectivity index (χ3v) is 3.72. The fraction of sp³-hybridized carbons (Fsp3) is 0.263. The van der Waals surface area contributed by atoms with Crippen LogP contribution in [0.2, 0.25) is 0 Å². The van der Waals surface area contributed by atoms with Crippen molar-refractivity contribution in [2.24, 2.45) is 0 Å². The third kappa shape index (κ3) is 4.62. The average molecular weight is 365 g/mol. The van der Waals surface area contributed by atoms with Gasteiger partial charge in [-0.05, 0) is 44.0 Å². The summed E-state index contributed by atoms with van der Waals surface area (Å²) in [6, 6.07) is 8.21. The van der Waals surface area contributed by atoms with Crippen molar-refractivity contribution in [3.63, 3.8) is 0 Å². The summed E-state index contributed by atoms with van der Waals surface area (Å²) in [6.07, 6.45) is -4.60. The monoisotopic (exact) mass is 365 g/mol. The quantitative estimate of drug-likeness (QED) is 0.816. The molecular weight excluding hydrogens is 347 g/mol. The summed E-state index contributed by atoms with van der Waals surface area (Å²) in [4.78, 5) is 24.1. The van der Waals surface area contributed by atoms with E-state index in [1.807, 2.05) is 19.1 Å². The molecule has 0 heterocycles. The highest BCUT2D eigenvalue weighted by atomic mass is 19.4. The fourth-order valence-electron chi connectivity index (χ4n) is 2.73. The van der Waals surface area contributed by atoms with Crippen molar-refractivity contribution in [2.45, 2.75) is 26.9 Å². The van der Waals surface area contributed by atoms with Crippen LogP contribution < -0.4 is 5.32 Å². The van der Waals surface area contributed by atoms with Crippen LogP contribution in [-0.4, -0.2) is 18.5 Å². The second kappa shape index (κ2) is 7.59. The molecule has 1 N–H and O–H groups in total. The number of alkyl halides is 3. The number of nitrogens with one attached hydrogen (secondary N) is 1. The highest BCUT2D eigenvalue weighted by molar-refractivity contribution is 5.97. The van der Waals surface area contributed by atoms with E-state index in [1.165, 1.54) is 12.1 Å². The van der Waals surface area contributed by atoms with Crippen LogP contribution in [0.15, 0.2) is 36.4 Å². The van der Waals surface area contributed by atoms with E-state index >= 15 is 0 Å². The van der Waals surface area contributed by atoms with Crippen molar-refractivity contribution in [3.8, 4) is 0 Å². The van der Waals surface area contributed by atoms with Crippen LogP contribution in [0.5, 0.6) is 0 Å². The predicted octanol–water partition coefficient (Wildman–Crippen LogP) is 4.43. The number of hydrogen-bond acceptors (Lipinski definition) is 3. The van der Waals surface area contributed by atoms with Crippen LogP contribution in [-0.2, 0) is 15.7 Å². The van der Waals surface area contributed by atoms with E-state index in [2.05, 4.69) is 5.32 Å². The Labute approximate surface area is 149 Å². The minimum Gasteiger partial charge on any atom is -0.452 e. The van der Waals surface area contributed by atoms with Crippen molar-refractivity contribution < 1.29 is 27.5 Å². The zero-order valence-corrected chi connectivity index (χ0v) is 14.5. The Balaban J connectivity index is 2.06. The molecule has 2 aromatic carbocycles. The fourth-order valence-corrected chi connectivity index (χ4v) is 2.73. The molecule has 7 heteroatoms. The SMILES string of the molecule is Cc1cc(C)c(C(=O)OCC(=O)Nc2ccccc2C(F)(F)F)c(C)c1. The Hall–Kier alpha value is -2.83. The lowest BCUT2D eigenvalue weighted by Gasteiger charge is -2.14. The Bertz CT molecular complexity index is 821. The van der Waals surface area contributed by atoms with Gasteiger partial charge in [0.2, 0.25) is 0 Å². The topological polar surface area (TPSA) is 55.4 Å². The van der Waals surface area contributed by atoms with E-state index in [1.54, 1.807) is 13.8 Å². The summed E-state index contributed by atoms with van der Waals surface area (Å²) >= 11 is 0. The second-order valence-corrected chi connectivity index (χ2v) is 5.94. The van der Waals surface area contributed by atoms with Gasteiger partial charge >= 0.3 is 12.1 Å². The molecule has 0 aliphatic rings. The van der Waals surface area contributed by atoms with Crippen LogP contribution >= 0.6 is 0 Å². The Morgan fingerprint density at radius 1 is 1.04 bits per heavy atom. The molecule has 0 saturated heterocycles. The van der Waals surface area contributed by atoms with Gasteiger partial charge in [-0.15, -0.1) is 0 Å². The van der Waals surface area contributed by atoms with Gasteiger partial charge < -0.3 is 10.1 Å². The number of benzene rings is 2. The normalized spacial score (nSPS) is 11.2. The Morgan fingerprint density at radius 3 is 2.19 bits per heavy atom. The molecule has 2 rings (SSSR count). The van der Waals surface area contributed by atoms with Crippen LogP contribution in [0.3, 0.4) is 0 Å². The molecule has 26 heavy (non-hydrogen) atoms. The Kier molecular flexibility index (Phi) is 5.69. The molecule has 2 aromatic rings. The lowest BCUT2D eigenvalue weighted by atomic mass is 10.00. The van der Waals surface area contributed by atoms with Gasteiger partial charge in [-0.25, -0.2) is 4.79 Å². The van der Waals surface area contributed by atoms with E-state index in [0.717, 1.165) is 17.7 Å². The summed E-state index contributed by atoms with van der Waals surface area (Å²) in [7, 11) is 0. The number of ether oxygens (including phenoxy) is 1. The first kappa shape index (κ1) is 19.5. The Morgan fingerprint density at radius 2 is 1.62 bits per heavy atom. The lowest BCUT2D eigenvalue weighted by molar-refractivity contribution is -0.137. The molecule has 4 nitrogen and oxygen atoms in total. The molecule has 0 spiro atoms. The second-order valence-electron chi connectivity index (χ2n) is 5.94. The van der Waals surface area contributed by atoms with Crippen molar-refractivity contribution in [2.75, 3.05) is 11.9 Å². The molecule has 0 radical (unpaired) electrons. The van der Waals surface area contributed by atoms with Crippen molar-refractivity contribution in [1.82, 2.24) is 0 Å². The average Bonchev–Trinajstić information content (AvgIpc) is 2.51. The number of carbonyl (C=O) groups excluding carboxylic acids is 2. The molecule has 1 amide bonds. The van der Waals surface area contributed by atoms with E-state index < -0.39 is 30.2 Å². The molecule has 0 aliphatic carbocycles. The number of carbonyl (C=O) groups is 2. The maximum Gasteiger partial charge on any atom is 0.418 e. The van der Waals surface area contributed by atoms with Crippen LogP contribution in [0.25, 0.3) is 0 Å². The van der Waals surface area contributed by atoms with Crippen molar-refractivity contribution in [1.29, 1.82) is 0 Å². The summed E-state index contributed by atoms with van der Waals surface area (Å²) in [5, 5.41) is 2.13. The highest BCUT2D eigenvalue weighted by Gasteiger charge is 2.33. The third-order valence-electron chi connectivity index (χ3n) is 3.72. The summed E-state index contributed by atoms with van der Waals surface area (Å²) < 4.78 is 43.7. The zero-order chi connectivity index (χ0) is 19.5. The van der Waals surface area contributed by atoms with Gasteiger partial charge in [-0.1, -0.05) is 29.8 Å². The number of hydrogen-bond donors (Lipinski definition) is 1. The van der Waals surface area contributed by atoms with Gasteiger partial charge in [-0.2, -0.15) is 13.2 Å². The molecule has 0 saturated carbocycles. The van der Waals surface area contributed by atoms with Crippen LogP contribution in [0.1, 0.15) is 32.6 Å². The summed E-state index contributed by atoms with van der Waals surface area (Å²) in [5.74, 6) is -1.54. The zero-order valence-electron chi connectivity index (χ0n) is 14.5.